The maximum Gasteiger partial charge on any atom is 0.262 e. The number of nitrogens with zero attached hydrogens (tertiary/aromatic N) is 2. The molecule has 0 aliphatic carbocycles. The molecule has 5 rings (SSSR count). The second-order valence-electron chi connectivity index (χ2n) is 10.3. The van der Waals surface area contributed by atoms with E-state index in [9.17, 15) is 14.4 Å². The lowest BCUT2D eigenvalue weighted by atomic mass is 10.1. The standard InChI is InChI=1S/C33H35N3O7S/c1-40-27-13-12-22(17-28(27)41-2)14-15-34-31(38)11-7-4-8-16-36-32(39)24-18-29-30(43-21-42-29)19-25(24)35-33(36)44-20-26(37)23-9-5-3-6-10-23/h3,5-6,9-10,12-13,17-19H,4,7-8,11,14-16,20-21H2,1-2H3,(H,34,38). The Morgan fingerprint density at radius 3 is 2.50 bits per heavy atom. The number of ether oxygens (including phenoxy) is 4. The number of benzene rings is 3. The molecule has 3 aromatic carbocycles. The second-order valence-corrected chi connectivity index (χ2v) is 11.2. The van der Waals surface area contributed by atoms with Crippen LogP contribution >= 0.6 is 11.8 Å². The Balaban J connectivity index is 1.16. The van der Waals surface area contributed by atoms with Crippen molar-refractivity contribution in [3.8, 4) is 23.0 Å². The van der Waals surface area contributed by atoms with Crippen LogP contribution in [0.3, 0.4) is 0 Å². The monoisotopic (exact) mass is 617 g/mol. The molecule has 0 saturated carbocycles. The van der Waals surface area contributed by atoms with Gasteiger partial charge >= 0.3 is 0 Å². The average molecular weight is 618 g/mol. The predicted octanol–water partition coefficient (Wildman–Crippen LogP) is 5.04. The smallest absolute Gasteiger partial charge is 0.262 e. The van der Waals surface area contributed by atoms with Crippen LogP contribution in [0.2, 0.25) is 0 Å². The molecule has 1 N–H and O–H groups in total. The Kier molecular flexibility index (Phi) is 10.4. The lowest BCUT2D eigenvalue weighted by Crippen LogP contribution is -2.25. The van der Waals surface area contributed by atoms with Crippen LogP contribution in [0.1, 0.15) is 41.6 Å². The van der Waals surface area contributed by atoms with Crippen molar-refractivity contribution in [3.63, 3.8) is 0 Å². The maximum atomic E-state index is 13.6. The summed E-state index contributed by atoms with van der Waals surface area (Å²) in [4.78, 5) is 43.6. The summed E-state index contributed by atoms with van der Waals surface area (Å²) in [5, 5.41) is 3.88. The number of hydrogen-bond donors (Lipinski definition) is 1. The summed E-state index contributed by atoms with van der Waals surface area (Å²) in [6, 6.07) is 18.1. The van der Waals surface area contributed by atoms with Crippen molar-refractivity contribution >= 4 is 34.4 Å². The van der Waals surface area contributed by atoms with Gasteiger partial charge in [-0.3, -0.25) is 19.0 Å². The van der Waals surface area contributed by atoms with Crippen molar-refractivity contribution in [1.29, 1.82) is 0 Å². The number of fused-ring (bicyclic) bond motifs is 2. The van der Waals surface area contributed by atoms with Crippen LogP contribution < -0.4 is 29.8 Å². The minimum Gasteiger partial charge on any atom is -0.493 e. The lowest BCUT2D eigenvalue weighted by Gasteiger charge is -2.13. The Hall–Kier alpha value is -4.51. The normalized spacial score (nSPS) is 11.9. The highest BCUT2D eigenvalue weighted by Gasteiger charge is 2.20. The van der Waals surface area contributed by atoms with E-state index >= 15 is 0 Å². The molecular weight excluding hydrogens is 582 g/mol. The minimum atomic E-state index is -0.198. The lowest BCUT2D eigenvalue weighted by molar-refractivity contribution is -0.121. The van der Waals surface area contributed by atoms with Crippen LogP contribution in [0, 0.1) is 0 Å². The third-order valence-corrected chi connectivity index (χ3v) is 8.29. The quantitative estimate of drug-likeness (QED) is 0.0848. The zero-order valence-electron chi connectivity index (χ0n) is 24.8. The van der Waals surface area contributed by atoms with Gasteiger partial charge in [-0.05, 0) is 43.0 Å². The molecule has 0 radical (unpaired) electrons. The average Bonchev–Trinajstić information content (AvgIpc) is 3.51. The van der Waals surface area contributed by atoms with Gasteiger partial charge in [0.25, 0.3) is 5.56 Å². The van der Waals surface area contributed by atoms with E-state index in [-0.39, 0.29) is 29.8 Å². The highest BCUT2D eigenvalue weighted by Crippen LogP contribution is 2.35. The number of Topliss-reactive ketones (excluding diaryl/α,β-unsaturated/α-hetero) is 1. The van der Waals surface area contributed by atoms with Gasteiger partial charge in [0.1, 0.15) is 0 Å². The number of hydrogen-bond acceptors (Lipinski definition) is 9. The van der Waals surface area contributed by atoms with E-state index in [0.29, 0.717) is 83.4 Å². The van der Waals surface area contributed by atoms with Gasteiger partial charge in [0.15, 0.2) is 33.9 Å². The topological polar surface area (TPSA) is 118 Å². The molecule has 230 valence electrons. The Morgan fingerprint density at radius 2 is 1.73 bits per heavy atom. The number of unbranched alkanes of at least 4 members (excludes halogenated alkanes) is 2. The van der Waals surface area contributed by atoms with Gasteiger partial charge in [-0.15, -0.1) is 0 Å². The Morgan fingerprint density at radius 1 is 0.955 bits per heavy atom. The summed E-state index contributed by atoms with van der Waals surface area (Å²) in [6.45, 7) is 1.03. The number of carbonyl (C=O) groups excluding carboxylic acids is 2. The zero-order valence-corrected chi connectivity index (χ0v) is 25.6. The number of thioether (sulfide) groups is 1. The van der Waals surface area contributed by atoms with Gasteiger partial charge in [0.2, 0.25) is 12.7 Å². The van der Waals surface area contributed by atoms with E-state index in [1.807, 2.05) is 36.4 Å². The van der Waals surface area contributed by atoms with Crippen molar-refractivity contribution in [3.05, 3.63) is 82.1 Å². The Bertz CT molecular complexity index is 1690. The molecule has 0 atom stereocenters. The SMILES string of the molecule is COc1ccc(CCNC(=O)CCCCCn2c(SCC(=O)c3ccccc3)nc3cc4c(cc3c2=O)OCO4)cc1OC. The molecule has 2 heterocycles. The number of methoxy groups -OCH3 is 2. The van der Waals surface area contributed by atoms with Crippen molar-refractivity contribution in [2.45, 2.75) is 43.8 Å². The van der Waals surface area contributed by atoms with Crippen LogP contribution in [0.5, 0.6) is 23.0 Å². The van der Waals surface area contributed by atoms with Crippen LogP contribution in [0.4, 0.5) is 0 Å². The molecule has 10 nitrogen and oxygen atoms in total. The summed E-state index contributed by atoms with van der Waals surface area (Å²) >= 11 is 1.24. The number of rotatable bonds is 15. The molecule has 4 aromatic rings. The first-order valence-corrected chi connectivity index (χ1v) is 15.5. The maximum absolute atomic E-state index is 13.6. The highest BCUT2D eigenvalue weighted by molar-refractivity contribution is 7.99. The molecule has 1 aliphatic heterocycles. The third-order valence-electron chi connectivity index (χ3n) is 7.31. The van der Waals surface area contributed by atoms with Gasteiger partial charge in [0.05, 0.1) is 30.9 Å². The zero-order chi connectivity index (χ0) is 30.9. The van der Waals surface area contributed by atoms with Gasteiger partial charge in [-0.1, -0.05) is 54.6 Å². The van der Waals surface area contributed by atoms with E-state index < -0.39 is 0 Å². The second kappa shape index (κ2) is 14.8. The van der Waals surface area contributed by atoms with Crippen LogP contribution in [0.25, 0.3) is 10.9 Å². The predicted molar refractivity (Wildman–Crippen MR) is 168 cm³/mol. The van der Waals surface area contributed by atoms with Crippen molar-refractivity contribution in [1.82, 2.24) is 14.9 Å². The highest BCUT2D eigenvalue weighted by atomic mass is 32.2. The first-order valence-electron chi connectivity index (χ1n) is 14.5. The van der Waals surface area contributed by atoms with Crippen LogP contribution in [-0.2, 0) is 17.8 Å². The molecule has 1 aromatic heterocycles. The molecule has 11 heteroatoms. The number of aromatic nitrogens is 2. The summed E-state index contributed by atoms with van der Waals surface area (Å²) < 4.78 is 23.2. The molecule has 44 heavy (non-hydrogen) atoms. The summed E-state index contributed by atoms with van der Waals surface area (Å²) in [5.74, 6) is 2.48. The fourth-order valence-corrected chi connectivity index (χ4v) is 5.86. The first kappa shape index (κ1) is 30.9. The van der Waals surface area contributed by atoms with Gasteiger partial charge in [0, 0.05) is 31.1 Å². The first-order chi connectivity index (χ1) is 21.5. The molecule has 0 saturated heterocycles. The van der Waals surface area contributed by atoms with Gasteiger partial charge in [-0.2, -0.15) is 0 Å². The molecule has 0 fully saturated rings. The van der Waals surface area contributed by atoms with E-state index in [0.717, 1.165) is 12.0 Å². The van der Waals surface area contributed by atoms with E-state index in [4.69, 9.17) is 23.9 Å². The fourth-order valence-electron chi connectivity index (χ4n) is 4.94. The summed E-state index contributed by atoms with van der Waals surface area (Å²) in [6.07, 6.45) is 3.19. The molecule has 1 aliphatic rings. The van der Waals surface area contributed by atoms with Crippen LogP contribution in [-0.4, -0.2) is 54.6 Å². The number of carbonyl (C=O) groups is 2. The van der Waals surface area contributed by atoms with Crippen molar-refractivity contribution in [2.75, 3.05) is 33.3 Å². The van der Waals surface area contributed by atoms with Gasteiger partial charge < -0.3 is 24.3 Å². The van der Waals surface area contributed by atoms with Crippen molar-refractivity contribution in [2.24, 2.45) is 0 Å². The summed E-state index contributed by atoms with van der Waals surface area (Å²) in [7, 11) is 3.19. The number of ketones is 1. The van der Waals surface area contributed by atoms with E-state index in [2.05, 4.69) is 5.32 Å². The molecule has 0 unspecified atom stereocenters. The summed E-state index contributed by atoms with van der Waals surface area (Å²) in [5.41, 5.74) is 1.95. The fraction of sp³-hybridized carbons (Fsp3) is 0.333. The number of amides is 1. The minimum absolute atomic E-state index is 0.0123. The Labute approximate surface area is 259 Å². The van der Waals surface area contributed by atoms with E-state index in [1.54, 1.807) is 43.1 Å². The third kappa shape index (κ3) is 7.52. The van der Waals surface area contributed by atoms with Crippen molar-refractivity contribution < 1.29 is 28.5 Å². The molecule has 0 spiro atoms. The number of nitrogens with one attached hydrogen (secondary N) is 1. The molecular formula is C33H35N3O7S. The molecule has 0 bridgehead atoms. The largest absolute Gasteiger partial charge is 0.493 e. The van der Waals surface area contributed by atoms with Crippen LogP contribution in [0.15, 0.2) is 70.6 Å². The van der Waals surface area contributed by atoms with E-state index in [1.165, 1.54) is 11.8 Å². The van der Waals surface area contributed by atoms with Gasteiger partial charge in [-0.25, -0.2) is 4.98 Å². The molecule has 1 amide bonds.